The van der Waals surface area contributed by atoms with Crippen molar-refractivity contribution in [2.24, 2.45) is 0 Å². The molecule has 0 aliphatic rings. The van der Waals surface area contributed by atoms with Gasteiger partial charge in [-0.2, -0.15) is 0 Å². The first-order valence-corrected chi connectivity index (χ1v) is 17.2. The fourth-order valence-corrected chi connectivity index (χ4v) is 8.62. The zero-order valence-electron chi connectivity index (χ0n) is 26.1. The van der Waals surface area contributed by atoms with Crippen molar-refractivity contribution in [2.45, 2.75) is 0 Å². The van der Waals surface area contributed by atoms with Gasteiger partial charge in [-0.3, -0.25) is 0 Å². The molecule has 0 saturated carbocycles. The normalized spacial score (nSPS) is 11.8. The summed E-state index contributed by atoms with van der Waals surface area (Å²) in [6.45, 7) is 0. The van der Waals surface area contributed by atoms with E-state index in [9.17, 15) is 0 Å². The fraction of sp³-hybridized carbons (Fsp3) is 0. The molecule has 2 aromatic heterocycles. The summed E-state index contributed by atoms with van der Waals surface area (Å²) in [6, 6.07) is 64.5. The lowest BCUT2D eigenvalue weighted by atomic mass is 9.93. The number of hydrogen-bond donors (Lipinski definition) is 0. The highest BCUT2D eigenvalue weighted by atomic mass is 32.1. The van der Waals surface area contributed by atoms with Crippen molar-refractivity contribution >= 4 is 64.1 Å². The minimum atomic E-state index is 1.16. The van der Waals surface area contributed by atoms with Gasteiger partial charge < -0.3 is 4.57 Å². The largest absolute Gasteiger partial charge is 0.309 e. The lowest BCUT2D eigenvalue weighted by Gasteiger charge is -2.14. The van der Waals surface area contributed by atoms with Crippen LogP contribution in [0.2, 0.25) is 0 Å². The van der Waals surface area contributed by atoms with Gasteiger partial charge in [0, 0.05) is 42.0 Å². The van der Waals surface area contributed by atoms with Crippen LogP contribution in [0, 0.1) is 0 Å². The maximum Gasteiger partial charge on any atom is 0.0619 e. The maximum absolute atomic E-state index is 2.48. The van der Waals surface area contributed by atoms with Crippen LogP contribution in [0.25, 0.3) is 91.8 Å². The summed E-state index contributed by atoms with van der Waals surface area (Å²) in [5.41, 5.74) is 10.9. The SMILES string of the molecule is c1ccc(-c2cc(-c3ccccc3)cc(-c3cccc(-n4c5ccccc5c5ccc6cc7sc8ccccc8c7cc6c54)c3)c2)cc1. The van der Waals surface area contributed by atoms with E-state index in [4.69, 9.17) is 0 Å². The highest BCUT2D eigenvalue weighted by Gasteiger charge is 2.17. The van der Waals surface area contributed by atoms with Crippen LogP contribution in [0.4, 0.5) is 0 Å². The summed E-state index contributed by atoms with van der Waals surface area (Å²) in [5, 5.41) is 7.75. The molecule has 0 aliphatic carbocycles. The smallest absolute Gasteiger partial charge is 0.0619 e. The average Bonchev–Trinajstić information content (AvgIpc) is 3.70. The highest BCUT2D eigenvalue weighted by molar-refractivity contribution is 7.25. The van der Waals surface area contributed by atoms with Crippen LogP contribution in [-0.2, 0) is 0 Å². The number of rotatable bonds is 4. The molecule has 2 heterocycles. The maximum atomic E-state index is 2.48. The molecule has 10 aromatic rings. The van der Waals surface area contributed by atoms with Crippen LogP contribution in [0.15, 0.2) is 176 Å². The van der Waals surface area contributed by atoms with Crippen LogP contribution in [0.1, 0.15) is 0 Å². The molecule has 0 fully saturated rings. The molecule has 0 saturated heterocycles. The van der Waals surface area contributed by atoms with Crippen LogP contribution < -0.4 is 0 Å². The number of nitrogens with zero attached hydrogens (tertiary/aromatic N) is 1. The van der Waals surface area contributed by atoms with E-state index in [0.29, 0.717) is 0 Å². The second-order valence-electron chi connectivity index (χ2n) is 12.6. The molecule has 224 valence electrons. The Hall–Kier alpha value is -5.96. The van der Waals surface area contributed by atoms with E-state index in [2.05, 4.69) is 180 Å². The van der Waals surface area contributed by atoms with Gasteiger partial charge in [-0.15, -0.1) is 11.3 Å². The van der Waals surface area contributed by atoms with Crippen molar-refractivity contribution in [1.82, 2.24) is 4.57 Å². The van der Waals surface area contributed by atoms with Crippen LogP contribution in [0.5, 0.6) is 0 Å². The summed E-state index contributed by atoms with van der Waals surface area (Å²) in [4.78, 5) is 0. The van der Waals surface area contributed by atoms with Crippen molar-refractivity contribution in [3.05, 3.63) is 176 Å². The van der Waals surface area contributed by atoms with E-state index < -0.39 is 0 Å². The standard InChI is InChI=1S/C46H29NS/c1-3-12-30(13-4-1)34-24-35(31-14-5-2-6-15-31)26-36(25-34)32-16-11-17-37(27-32)47-43-20-9-7-18-38(43)40-23-22-33-28-45-42(29-41(33)46(40)47)39-19-8-10-21-44(39)48-45/h1-29H. The first-order chi connectivity index (χ1) is 23.8. The predicted octanol–water partition coefficient (Wildman–Crippen LogP) is 13.3. The first-order valence-electron chi connectivity index (χ1n) is 16.4. The molecule has 0 spiro atoms. The number of para-hydroxylation sites is 1. The Morgan fingerprint density at radius 3 is 1.71 bits per heavy atom. The van der Waals surface area contributed by atoms with E-state index >= 15 is 0 Å². The fourth-order valence-electron chi connectivity index (χ4n) is 7.48. The summed E-state index contributed by atoms with van der Waals surface area (Å²) in [6.07, 6.45) is 0. The van der Waals surface area contributed by atoms with Crippen molar-refractivity contribution in [3.63, 3.8) is 0 Å². The zero-order chi connectivity index (χ0) is 31.6. The Kier molecular flexibility index (Phi) is 6.12. The summed E-state index contributed by atoms with van der Waals surface area (Å²) in [7, 11) is 0. The molecule has 0 unspecified atom stereocenters. The van der Waals surface area contributed by atoms with Gasteiger partial charge in [-0.25, -0.2) is 0 Å². The van der Waals surface area contributed by atoms with Gasteiger partial charge in [0.2, 0.25) is 0 Å². The zero-order valence-corrected chi connectivity index (χ0v) is 26.9. The third kappa shape index (κ3) is 4.31. The quantitative estimate of drug-likeness (QED) is 0.183. The van der Waals surface area contributed by atoms with Crippen molar-refractivity contribution in [3.8, 4) is 39.1 Å². The van der Waals surface area contributed by atoms with Crippen LogP contribution in [0.3, 0.4) is 0 Å². The van der Waals surface area contributed by atoms with Gasteiger partial charge in [0.25, 0.3) is 0 Å². The number of benzene rings is 8. The predicted molar refractivity (Wildman–Crippen MR) is 207 cm³/mol. The van der Waals surface area contributed by atoms with E-state index in [1.165, 1.54) is 86.1 Å². The van der Waals surface area contributed by atoms with Crippen molar-refractivity contribution < 1.29 is 0 Å². The minimum Gasteiger partial charge on any atom is -0.309 e. The third-order valence-electron chi connectivity index (χ3n) is 9.73. The van der Waals surface area contributed by atoms with E-state index in [1.807, 2.05) is 11.3 Å². The number of thiophene rings is 1. The Morgan fingerprint density at radius 1 is 0.333 bits per heavy atom. The second kappa shape index (κ2) is 10.8. The molecule has 0 atom stereocenters. The Labute approximate surface area is 282 Å². The lowest BCUT2D eigenvalue weighted by molar-refractivity contribution is 1.19. The van der Waals surface area contributed by atoms with E-state index in [-0.39, 0.29) is 0 Å². The first kappa shape index (κ1) is 27.2. The monoisotopic (exact) mass is 627 g/mol. The molecule has 48 heavy (non-hydrogen) atoms. The van der Waals surface area contributed by atoms with Gasteiger partial charge in [-0.05, 0) is 93.4 Å². The molecule has 0 N–H and O–H groups in total. The molecular formula is C46H29NS. The van der Waals surface area contributed by atoms with Crippen molar-refractivity contribution in [1.29, 1.82) is 0 Å². The topological polar surface area (TPSA) is 4.93 Å². The molecule has 1 nitrogen and oxygen atoms in total. The summed E-state index contributed by atoms with van der Waals surface area (Å²) >= 11 is 1.88. The molecule has 0 aliphatic heterocycles. The lowest BCUT2D eigenvalue weighted by Crippen LogP contribution is -1.95. The Balaban J connectivity index is 1.23. The molecular weight excluding hydrogens is 599 g/mol. The van der Waals surface area contributed by atoms with E-state index in [1.54, 1.807) is 0 Å². The summed E-state index contributed by atoms with van der Waals surface area (Å²) < 4.78 is 5.15. The number of hydrogen-bond acceptors (Lipinski definition) is 1. The molecule has 8 aromatic carbocycles. The highest BCUT2D eigenvalue weighted by Crippen LogP contribution is 2.42. The minimum absolute atomic E-state index is 1.16. The molecule has 10 rings (SSSR count). The van der Waals surface area contributed by atoms with Gasteiger partial charge in [0.1, 0.15) is 0 Å². The van der Waals surface area contributed by atoms with Gasteiger partial charge in [0.05, 0.1) is 11.0 Å². The number of fused-ring (bicyclic) bond motifs is 8. The molecule has 0 radical (unpaired) electrons. The molecule has 0 bridgehead atoms. The van der Waals surface area contributed by atoms with E-state index in [0.717, 1.165) is 5.69 Å². The Bertz CT molecular complexity index is 2760. The molecule has 0 amide bonds. The Morgan fingerprint density at radius 2 is 0.958 bits per heavy atom. The van der Waals surface area contributed by atoms with Crippen LogP contribution >= 0.6 is 11.3 Å². The van der Waals surface area contributed by atoms with Crippen molar-refractivity contribution in [2.75, 3.05) is 0 Å². The third-order valence-corrected chi connectivity index (χ3v) is 10.9. The van der Waals surface area contributed by atoms with Gasteiger partial charge >= 0.3 is 0 Å². The molecule has 2 heteroatoms. The average molecular weight is 628 g/mol. The number of aromatic nitrogens is 1. The van der Waals surface area contributed by atoms with Gasteiger partial charge in [0.15, 0.2) is 0 Å². The van der Waals surface area contributed by atoms with Gasteiger partial charge in [-0.1, -0.05) is 121 Å². The van der Waals surface area contributed by atoms with Crippen LogP contribution in [-0.4, -0.2) is 4.57 Å². The second-order valence-corrected chi connectivity index (χ2v) is 13.6. The summed E-state index contributed by atoms with van der Waals surface area (Å²) in [5.74, 6) is 0.